The van der Waals surface area contributed by atoms with E-state index in [-0.39, 0.29) is 31.3 Å². The first-order valence-electron chi connectivity index (χ1n) is 21.6. The summed E-state index contributed by atoms with van der Waals surface area (Å²) in [5.74, 6) is 1.15. The summed E-state index contributed by atoms with van der Waals surface area (Å²) in [6.07, 6.45) is 5.02. The maximum Gasteiger partial charge on any atom is 0.139 e. The molecule has 8 heteroatoms. The number of nitrogens with zero attached hydrogens (tertiary/aromatic N) is 4. The van der Waals surface area contributed by atoms with Crippen LogP contribution in [-0.4, -0.2) is 27.6 Å². The van der Waals surface area contributed by atoms with Gasteiger partial charge in [-0.05, 0) is 87.0 Å². The molecule has 0 amide bonds. The van der Waals surface area contributed by atoms with Crippen molar-refractivity contribution in [3.05, 3.63) is 162 Å². The molecule has 0 N–H and O–H groups in total. The molecule has 0 unspecified atom stereocenters. The van der Waals surface area contributed by atoms with E-state index in [0.29, 0.717) is 23.0 Å². The molecule has 0 bridgehead atoms. The van der Waals surface area contributed by atoms with Crippen molar-refractivity contribution < 1.29 is 28.9 Å². The summed E-state index contributed by atoms with van der Waals surface area (Å²) >= 11 is 0. The van der Waals surface area contributed by atoms with Gasteiger partial charge in [-0.3, -0.25) is 9.97 Å². The predicted molar refractivity (Wildman–Crippen MR) is 259 cm³/mol. The largest absolute Gasteiger partial charge is 0.499 e. The van der Waals surface area contributed by atoms with Gasteiger partial charge in [0.15, 0.2) is 0 Å². The molecule has 323 valence electrons. The van der Waals surface area contributed by atoms with E-state index in [1.165, 1.54) is 39.7 Å². The SMILES string of the molecule is CC(C)(C)Cc1cc(-c2[c-]cccc2)ncc1[Si](C)(C)C.CC(C)c1cccc(C(C)C)c1-n1c(-c2[c-]ccc3c2oc2cc(-c4ccc(F)cc4)cnc23)nc2ccccc21.[Ir]. The quantitative estimate of drug-likeness (QED) is 0.112. The first-order chi connectivity index (χ1) is 29.6. The topological polar surface area (TPSA) is 56.7 Å². The number of halogens is 1. The Bertz CT molecular complexity index is 3000. The Kier molecular flexibility index (Phi) is 13.2. The van der Waals surface area contributed by atoms with E-state index in [1.807, 2.05) is 48.7 Å². The molecule has 0 aliphatic rings. The van der Waals surface area contributed by atoms with Crippen LogP contribution >= 0.6 is 0 Å². The van der Waals surface area contributed by atoms with Gasteiger partial charge in [-0.2, -0.15) is 0 Å². The first kappa shape index (κ1) is 45.5. The van der Waals surface area contributed by atoms with Crippen LogP contribution in [0.1, 0.15) is 77.0 Å². The molecule has 0 fully saturated rings. The molecule has 4 heterocycles. The molecule has 0 aliphatic carbocycles. The third kappa shape index (κ3) is 9.55. The zero-order valence-electron chi connectivity index (χ0n) is 37.9. The van der Waals surface area contributed by atoms with E-state index in [1.54, 1.807) is 12.1 Å². The first-order valence-corrected chi connectivity index (χ1v) is 25.1. The van der Waals surface area contributed by atoms with Gasteiger partial charge in [-0.25, -0.2) is 4.39 Å². The molecule has 5 nitrogen and oxygen atoms in total. The van der Waals surface area contributed by atoms with Crippen molar-refractivity contribution in [2.45, 2.75) is 86.4 Å². The van der Waals surface area contributed by atoms with Crippen molar-refractivity contribution in [3.8, 4) is 39.5 Å². The average Bonchev–Trinajstić information content (AvgIpc) is 3.81. The molecule has 4 aromatic heterocycles. The van der Waals surface area contributed by atoms with Crippen molar-refractivity contribution >= 4 is 46.4 Å². The number of furan rings is 1. The molecule has 9 aromatic rings. The van der Waals surface area contributed by atoms with Gasteiger partial charge in [-0.1, -0.05) is 128 Å². The maximum atomic E-state index is 13.5. The van der Waals surface area contributed by atoms with Gasteiger partial charge in [-0.15, -0.1) is 54.1 Å². The molecular formula is C55H55FIrN4OSi-2. The second-order valence-corrected chi connectivity index (χ2v) is 24.2. The van der Waals surface area contributed by atoms with Crippen LogP contribution in [0.5, 0.6) is 0 Å². The Balaban J connectivity index is 0.000000229. The van der Waals surface area contributed by atoms with E-state index in [9.17, 15) is 4.39 Å². The number of para-hydroxylation sites is 3. The van der Waals surface area contributed by atoms with Crippen molar-refractivity contribution in [2.75, 3.05) is 0 Å². The van der Waals surface area contributed by atoms with Gasteiger partial charge in [0.2, 0.25) is 0 Å². The summed E-state index contributed by atoms with van der Waals surface area (Å²) in [7, 11) is -1.37. The Morgan fingerprint density at radius 3 is 2.10 bits per heavy atom. The molecule has 9 rings (SSSR count). The summed E-state index contributed by atoms with van der Waals surface area (Å²) in [5, 5.41) is 2.39. The minimum atomic E-state index is -1.37. The standard InChI is InChI=1S/C36H29FN3O.C19H26NSi.Ir/c1-21(2)26-9-7-10-27(22(3)4)34(26)40-31-14-6-5-13-30(31)39-36(40)29-12-8-11-28-33-32(41-35(28)29)19-24(20-38-33)23-15-17-25(37)18-16-23;1-19(2,3)13-16-12-17(15-10-8-7-9-11-15)20-14-18(16)21(4,5)6;/h5-11,13-22H,1-4H3;7-10,12,14H,13H2,1-6H3;/q2*-1;. The van der Waals surface area contributed by atoms with Crippen molar-refractivity contribution in [1.82, 2.24) is 19.5 Å². The predicted octanol–water partition coefficient (Wildman–Crippen LogP) is 14.5. The number of aromatic nitrogens is 4. The smallest absolute Gasteiger partial charge is 0.139 e. The summed E-state index contributed by atoms with van der Waals surface area (Å²) in [5.41, 5.74) is 14.2. The van der Waals surface area contributed by atoms with Crippen molar-refractivity contribution in [1.29, 1.82) is 0 Å². The number of hydrogen-bond donors (Lipinski definition) is 0. The van der Waals surface area contributed by atoms with Crippen molar-refractivity contribution in [3.63, 3.8) is 0 Å². The summed E-state index contributed by atoms with van der Waals surface area (Å²) in [6.45, 7) is 23.0. The van der Waals surface area contributed by atoms with Crippen LogP contribution in [0.15, 0.2) is 132 Å². The minimum Gasteiger partial charge on any atom is -0.499 e. The Labute approximate surface area is 386 Å². The second-order valence-electron chi connectivity index (χ2n) is 19.1. The number of fused-ring (bicyclic) bond motifs is 4. The van der Waals surface area contributed by atoms with Crippen LogP contribution < -0.4 is 5.19 Å². The normalized spacial score (nSPS) is 12.0. The van der Waals surface area contributed by atoms with Gasteiger partial charge in [0.25, 0.3) is 0 Å². The van der Waals surface area contributed by atoms with Crippen LogP contribution in [0.3, 0.4) is 0 Å². The van der Waals surface area contributed by atoms with E-state index in [0.717, 1.165) is 62.1 Å². The Morgan fingerprint density at radius 2 is 1.44 bits per heavy atom. The summed E-state index contributed by atoms with van der Waals surface area (Å²) in [6, 6.07) is 44.2. The van der Waals surface area contributed by atoms with Crippen LogP contribution in [0.25, 0.3) is 72.6 Å². The molecule has 0 spiro atoms. The Hall–Kier alpha value is -5.53. The molecule has 0 saturated carbocycles. The zero-order chi connectivity index (χ0) is 43.9. The number of rotatable bonds is 8. The van der Waals surface area contributed by atoms with Gasteiger partial charge in [0, 0.05) is 43.7 Å². The maximum absolute atomic E-state index is 13.5. The van der Waals surface area contributed by atoms with Crippen LogP contribution in [-0.2, 0) is 26.5 Å². The zero-order valence-corrected chi connectivity index (χ0v) is 41.3. The van der Waals surface area contributed by atoms with Gasteiger partial charge < -0.3 is 14.0 Å². The molecular weight excluding hydrogens is 972 g/mol. The van der Waals surface area contributed by atoms with E-state index >= 15 is 0 Å². The fraction of sp³-hybridized carbons (Fsp3) is 0.255. The number of benzene rings is 5. The molecule has 5 aromatic carbocycles. The van der Waals surface area contributed by atoms with E-state index in [2.05, 4.69) is 140 Å². The molecule has 0 aliphatic heterocycles. The number of imidazole rings is 1. The van der Waals surface area contributed by atoms with Gasteiger partial charge in [0.05, 0.1) is 36.0 Å². The molecule has 0 atom stereocenters. The fourth-order valence-electron chi connectivity index (χ4n) is 8.36. The number of pyridine rings is 2. The third-order valence-electron chi connectivity index (χ3n) is 11.3. The Morgan fingerprint density at radius 1 is 0.746 bits per heavy atom. The van der Waals surface area contributed by atoms with E-state index in [4.69, 9.17) is 19.4 Å². The molecule has 0 saturated heterocycles. The summed E-state index contributed by atoms with van der Waals surface area (Å²) < 4.78 is 22.4. The van der Waals surface area contributed by atoms with E-state index < -0.39 is 8.07 Å². The second kappa shape index (κ2) is 18.3. The third-order valence-corrected chi connectivity index (χ3v) is 13.4. The minimum absolute atomic E-state index is 0. The van der Waals surface area contributed by atoms with Crippen molar-refractivity contribution in [2.24, 2.45) is 5.41 Å². The monoisotopic (exact) mass is 1030 g/mol. The van der Waals surface area contributed by atoms with Crippen LogP contribution in [0.2, 0.25) is 19.6 Å². The van der Waals surface area contributed by atoms with Crippen LogP contribution in [0, 0.1) is 23.4 Å². The fourth-order valence-corrected chi connectivity index (χ4v) is 9.93. The number of hydrogen-bond acceptors (Lipinski definition) is 4. The average molecular weight is 1030 g/mol. The van der Waals surface area contributed by atoms with Crippen LogP contribution in [0.4, 0.5) is 4.39 Å². The van der Waals surface area contributed by atoms with Gasteiger partial charge in [0.1, 0.15) is 11.4 Å². The summed E-state index contributed by atoms with van der Waals surface area (Å²) in [4.78, 5) is 14.7. The molecule has 1 radical (unpaired) electrons. The molecule has 63 heavy (non-hydrogen) atoms. The van der Waals surface area contributed by atoms with Gasteiger partial charge >= 0.3 is 0 Å².